The van der Waals surface area contributed by atoms with Crippen molar-refractivity contribution in [3.8, 4) is 22.6 Å². The largest absolute Gasteiger partial charge is 0.256 e. The van der Waals surface area contributed by atoms with Crippen molar-refractivity contribution in [1.82, 2.24) is 24.9 Å². The van der Waals surface area contributed by atoms with Crippen LogP contribution in [-0.4, -0.2) is 24.9 Å². The molecule has 0 spiro atoms. The van der Waals surface area contributed by atoms with Gasteiger partial charge >= 0.3 is 0 Å². The van der Waals surface area contributed by atoms with Crippen molar-refractivity contribution in [2.75, 3.05) is 0 Å². The summed E-state index contributed by atoms with van der Waals surface area (Å²) in [6, 6.07) is 7.60. The normalized spacial score (nSPS) is 10.2. The first-order chi connectivity index (χ1) is 8.95. The molecule has 0 amide bonds. The van der Waals surface area contributed by atoms with Gasteiger partial charge in [-0.1, -0.05) is 6.07 Å². The number of aromatic nitrogens is 5. The summed E-state index contributed by atoms with van der Waals surface area (Å²) in [6.07, 6.45) is 9.23. The third-order valence-electron chi connectivity index (χ3n) is 2.42. The van der Waals surface area contributed by atoms with Crippen LogP contribution in [0.3, 0.4) is 0 Å². The lowest BCUT2D eigenvalue weighted by molar-refractivity contribution is 1.05. The zero-order valence-electron chi connectivity index (χ0n) is 9.35. The maximum atomic E-state index is 4.32. The molecular weight excluding hydrogens is 226 g/mol. The van der Waals surface area contributed by atoms with Gasteiger partial charge < -0.3 is 0 Å². The molecule has 18 heavy (non-hydrogen) atoms. The van der Waals surface area contributed by atoms with E-state index >= 15 is 0 Å². The lowest BCUT2D eigenvalue weighted by Gasteiger charge is -2.05. The summed E-state index contributed by atoms with van der Waals surface area (Å²) in [7, 11) is 0. The average Bonchev–Trinajstić information content (AvgIpc) is 2.49. The smallest absolute Gasteiger partial charge is 0.165 e. The van der Waals surface area contributed by atoms with Crippen molar-refractivity contribution in [3.63, 3.8) is 0 Å². The standard InChI is InChI=1S/C13H8N5/c1-2-5-16-12(3-1)10-4-6-14-7-11(10)13-17-8-15-9-18-13/h1-6,8-9H. The summed E-state index contributed by atoms with van der Waals surface area (Å²) in [5.41, 5.74) is 2.46. The van der Waals surface area contributed by atoms with Crippen molar-refractivity contribution in [2.24, 2.45) is 0 Å². The average molecular weight is 234 g/mol. The van der Waals surface area contributed by atoms with E-state index in [1.807, 2.05) is 24.3 Å². The van der Waals surface area contributed by atoms with Crippen LogP contribution >= 0.6 is 0 Å². The molecule has 0 aliphatic rings. The van der Waals surface area contributed by atoms with Gasteiger partial charge in [-0.25, -0.2) is 15.0 Å². The summed E-state index contributed by atoms with van der Waals surface area (Å²) < 4.78 is 0. The Bertz CT molecular complexity index is 581. The van der Waals surface area contributed by atoms with Gasteiger partial charge in [-0.3, -0.25) is 9.97 Å². The van der Waals surface area contributed by atoms with Gasteiger partial charge in [-0.2, -0.15) is 0 Å². The van der Waals surface area contributed by atoms with Crippen LogP contribution in [0.5, 0.6) is 0 Å². The predicted octanol–water partition coefficient (Wildman–Crippen LogP) is 1.80. The van der Waals surface area contributed by atoms with E-state index in [4.69, 9.17) is 0 Å². The summed E-state index contributed by atoms with van der Waals surface area (Å²) >= 11 is 0. The summed E-state index contributed by atoms with van der Waals surface area (Å²) in [6.45, 7) is 0. The molecule has 5 nitrogen and oxygen atoms in total. The Balaban J connectivity index is 2.18. The second kappa shape index (κ2) is 4.67. The van der Waals surface area contributed by atoms with E-state index in [9.17, 15) is 0 Å². The number of nitrogens with zero attached hydrogens (tertiary/aromatic N) is 5. The van der Waals surface area contributed by atoms with Crippen molar-refractivity contribution < 1.29 is 0 Å². The highest BCUT2D eigenvalue weighted by molar-refractivity contribution is 5.76. The molecule has 3 aromatic rings. The fourth-order valence-corrected chi connectivity index (χ4v) is 1.63. The van der Waals surface area contributed by atoms with Gasteiger partial charge in [0.2, 0.25) is 0 Å². The molecule has 0 bridgehead atoms. The Kier molecular flexibility index (Phi) is 2.71. The van der Waals surface area contributed by atoms with Gasteiger partial charge in [0.15, 0.2) is 5.82 Å². The highest BCUT2D eigenvalue weighted by Gasteiger charge is 2.10. The van der Waals surface area contributed by atoms with Crippen molar-refractivity contribution in [1.29, 1.82) is 0 Å². The Morgan fingerprint density at radius 3 is 2.56 bits per heavy atom. The van der Waals surface area contributed by atoms with E-state index in [1.54, 1.807) is 12.4 Å². The first kappa shape index (κ1) is 10.5. The van der Waals surface area contributed by atoms with Gasteiger partial charge in [0.1, 0.15) is 18.9 Å². The Hall–Kier alpha value is -2.69. The molecule has 0 unspecified atom stereocenters. The van der Waals surface area contributed by atoms with Crippen LogP contribution in [-0.2, 0) is 0 Å². The first-order valence-electron chi connectivity index (χ1n) is 5.35. The number of pyridine rings is 2. The molecule has 3 aromatic heterocycles. The van der Waals surface area contributed by atoms with Crippen LogP contribution in [0.4, 0.5) is 0 Å². The third-order valence-corrected chi connectivity index (χ3v) is 2.42. The van der Waals surface area contributed by atoms with Crippen LogP contribution in [0.2, 0.25) is 0 Å². The molecular formula is C13H8N5. The number of rotatable bonds is 2. The molecule has 0 saturated carbocycles. The fourth-order valence-electron chi connectivity index (χ4n) is 1.63. The Morgan fingerprint density at radius 1 is 0.889 bits per heavy atom. The van der Waals surface area contributed by atoms with Crippen LogP contribution in [0.25, 0.3) is 22.6 Å². The topological polar surface area (TPSA) is 64.5 Å². The summed E-state index contributed by atoms with van der Waals surface area (Å²) in [5.74, 6) is 0.541. The molecule has 85 valence electrons. The minimum atomic E-state index is 0.541. The van der Waals surface area contributed by atoms with Gasteiger partial charge in [0.05, 0.1) is 11.3 Å². The molecule has 3 rings (SSSR count). The monoisotopic (exact) mass is 234 g/mol. The van der Waals surface area contributed by atoms with Crippen LogP contribution in [0, 0.1) is 6.20 Å². The number of hydrogen-bond acceptors (Lipinski definition) is 5. The molecule has 0 fully saturated rings. The molecule has 0 saturated heterocycles. The van der Waals surface area contributed by atoms with Gasteiger partial charge in [0, 0.05) is 18.0 Å². The molecule has 0 aliphatic carbocycles. The zero-order chi connectivity index (χ0) is 12.2. The van der Waals surface area contributed by atoms with Crippen molar-refractivity contribution in [3.05, 3.63) is 55.5 Å². The van der Waals surface area contributed by atoms with Crippen molar-refractivity contribution >= 4 is 0 Å². The highest BCUT2D eigenvalue weighted by Crippen LogP contribution is 2.26. The molecule has 0 aliphatic heterocycles. The summed E-state index contributed by atoms with van der Waals surface area (Å²) in [5, 5.41) is 0. The van der Waals surface area contributed by atoms with E-state index in [1.165, 1.54) is 12.7 Å². The maximum absolute atomic E-state index is 4.32. The van der Waals surface area contributed by atoms with E-state index in [0.29, 0.717) is 5.82 Å². The van der Waals surface area contributed by atoms with Gasteiger partial charge in [0.25, 0.3) is 0 Å². The molecule has 0 N–H and O–H groups in total. The second-order valence-corrected chi connectivity index (χ2v) is 3.52. The summed E-state index contributed by atoms with van der Waals surface area (Å²) in [4.78, 5) is 20.3. The predicted molar refractivity (Wildman–Crippen MR) is 65.1 cm³/mol. The van der Waals surface area contributed by atoms with E-state index < -0.39 is 0 Å². The van der Waals surface area contributed by atoms with E-state index in [2.05, 4.69) is 31.1 Å². The minimum Gasteiger partial charge on any atom is -0.256 e. The molecule has 0 aromatic carbocycles. The molecule has 5 heteroatoms. The number of hydrogen-bond donors (Lipinski definition) is 0. The highest BCUT2D eigenvalue weighted by atomic mass is 15.0. The second-order valence-electron chi connectivity index (χ2n) is 3.52. The fraction of sp³-hybridized carbons (Fsp3) is 0. The van der Waals surface area contributed by atoms with Gasteiger partial charge in [-0.05, 0) is 18.2 Å². The molecule has 3 heterocycles. The van der Waals surface area contributed by atoms with Crippen LogP contribution in [0.1, 0.15) is 0 Å². The van der Waals surface area contributed by atoms with Gasteiger partial charge in [-0.15, -0.1) is 0 Å². The minimum absolute atomic E-state index is 0.541. The van der Waals surface area contributed by atoms with Crippen molar-refractivity contribution in [2.45, 2.75) is 0 Å². The Morgan fingerprint density at radius 2 is 1.78 bits per heavy atom. The quantitative estimate of drug-likeness (QED) is 0.676. The molecule has 0 atom stereocenters. The maximum Gasteiger partial charge on any atom is 0.165 e. The van der Waals surface area contributed by atoms with E-state index in [-0.39, 0.29) is 0 Å². The zero-order valence-corrected chi connectivity index (χ0v) is 9.35. The van der Waals surface area contributed by atoms with Crippen LogP contribution in [0.15, 0.2) is 49.3 Å². The SMILES string of the molecule is [c]1nccc(-c2ccccn2)c1-c1ncncn1. The van der Waals surface area contributed by atoms with E-state index in [0.717, 1.165) is 16.8 Å². The molecule has 1 radical (unpaired) electrons. The van der Waals surface area contributed by atoms with Crippen LogP contribution < -0.4 is 0 Å². The Labute approximate surface area is 104 Å². The lowest BCUT2D eigenvalue weighted by Crippen LogP contribution is -1.94. The first-order valence-corrected chi connectivity index (χ1v) is 5.35. The lowest BCUT2D eigenvalue weighted by atomic mass is 10.1. The third kappa shape index (κ3) is 1.93.